The van der Waals surface area contributed by atoms with Gasteiger partial charge < -0.3 is 10.6 Å². The number of hydrogen-bond acceptors (Lipinski definition) is 3. The van der Waals surface area contributed by atoms with Gasteiger partial charge in [-0.3, -0.25) is 9.69 Å². The monoisotopic (exact) mass is 287 g/mol. The lowest BCUT2D eigenvalue weighted by atomic mass is 10.1. The average molecular weight is 287 g/mol. The number of fused-ring (bicyclic) bond motifs is 2. The second-order valence-corrected chi connectivity index (χ2v) is 6.51. The van der Waals surface area contributed by atoms with E-state index in [1.54, 1.807) is 0 Å². The highest BCUT2D eigenvalue weighted by atomic mass is 16.2. The molecule has 4 nitrogen and oxygen atoms in total. The van der Waals surface area contributed by atoms with Crippen molar-refractivity contribution in [2.24, 2.45) is 0 Å². The Balaban J connectivity index is 1.55. The Morgan fingerprint density at radius 1 is 1.24 bits per heavy atom. The van der Waals surface area contributed by atoms with Gasteiger partial charge in [0, 0.05) is 30.9 Å². The maximum absolute atomic E-state index is 12.2. The summed E-state index contributed by atoms with van der Waals surface area (Å²) in [5.74, 6) is 0.0935. The van der Waals surface area contributed by atoms with Crippen LogP contribution >= 0.6 is 0 Å². The zero-order chi connectivity index (χ0) is 14.8. The van der Waals surface area contributed by atoms with Crippen LogP contribution in [0.4, 0.5) is 5.69 Å². The van der Waals surface area contributed by atoms with E-state index in [1.165, 1.54) is 24.0 Å². The normalized spacial score (nSPS) is 25.6. The van der Waals surface area contributed by atoms with Crippen molar-refractivity contribution in [3.05, 3.63) is 29.3 Å². The Bertz CT molecular complexity index is 529. The summed E-state index contributed by atoms with van der Waals surface area (Å²) in [4.78, 5) is 14.5. The first-order chi connectivity index (χ1) is 10.1. The lowest BCUT2D eigenvalue weighted by molar-refractivity contribution is -0.117. The zero-order valence-electron chi connectivity index (χ0n) is 13.0. The SMILES string of the molecule is Cc1ccc(NC(=O)CN2CCC3CCC(C2)N3)cc1C. The maximum Gasteiger partial charge on any atom is 0.238 e. The van der Waals surface area contributed by atoms with E-state index in [0.29, 0.717) is 18.6 Å². The van der Waals surface area contributed by atoms with Gasteiger partial charge in [-0.05, 0) is 56.4 Å². The van der Waals surface area contributed by atoms with Gasteiger partial charge >= 0.3 is 0 Å². The smallest absolute Gasteiger partial charge is 0.238 e. The van der Waals surface area contributed by atoms with Gasteiger partial charge in [-0.1, -0.05) is 6.07 Å². The van der Waals surface area contributed by atoms with E-state index in [9.17, 15) is 4.79 Å². The van der Waals surface area contributed by atoms with Gasteiger partial charge in [-0.2, -0.15) is 0 Å². The summed E-state index contributed by atoms with van der Waals surface area (Å²) in [7, 11) is 0. The minimum atomic E-state index is 0.0935. The molecule has 0 radical (unpaired) electrons. The predicted molar refractivity (Wildman–Crippen MR) is 85.5 cm³/mol. The number of amides is 1. The van der Waals surface area contributed by atoms with Crippen molar-refractivity contribution in [1.29, 1.82) is 0 Å². The van der Waals surface area contributed by atoms with Crippen LogP contribution in [-0.2, 0) is 4.79 Å². The Kier molecular flexibility index (Phi) is 4.27. The van der Waals surface area contributed by atoms with Crippen molar-refractivity contribution in [2.45, 2.75) is 45.2 Å². The molecule has 4 heteroatoms. The summed E-state index contributed by atoms with van der Waals surface area (Å²) >= 11 is 0. The van der Waals surface area contributed by atoms with Crippen molar-refractivity contribution >= 4 is 11.6 Å². The van der Waals surface area contributed by atoms with Crippen molar-refractivity contribution in [1.82, 2.24) is 10.2 Å². The molecule has 2 heterocycles. The molecule has 0 aliphatic carbocycles. The van der Waals surface area contributed by atoms with Crippen LogP contribution in [0.15, 0.2) is 18.2 Å². The van der Waals surface area contributed by atoms with Gasteiger partial charge in [0.05, 0.1) is 6.54 Å². The van der Waals surface area contributed by atoms with Crippen LogP contribution in [0.3, 0.4) is 0 Å². The van der Waals surface area contributed by atoms with Gasteiger partial charge in [0.1, 0.15) is 0 Å². The van der Waals surface area contributed by atoms with E-state index in [4.69, 9.17) is 0 Å². The molecule has 2 aliphatic heterocycles. The molecule has 1 aromatic rings. The van der Waals surface area contributed by atoms with Gasteiger partial charge in [0.25, 0.3) is 0 Å². The van der Waals surface area contributed by atoms with E-state index in [-0.39, 0.29) is 5.91 Å². The maximum atomic E-state index is 12.2. The number of aryl methyl sites for hydroxylation is 2. The van der Waals surface area contributed by atoms with Gasteiger partial charge in [0.2, 0.25) is 5.91 Å². The fraction of sp³-hybridized carbons (Fsp3) is 0.588. The first-order valence-electron chi connectivity index (χ1n) is 7.95. The first-order valence-corrected chi connectivity index (χ1v) is 7.95. The summed E-state index contributed by atoms with van der Waals surface area (Å²) in [6.07, 6.45) is 3.71. The molecular weight excluding hydrogens is 262 g/mol. The molecule has 2 atom stereocenters. The molecule has 2 fully saturated rings. The lowest BCUT2D eigenvalue weighted by Gasteiger charge is -2.23. The number of anilines is 1. The third-order valence-corrected chi connectivity index (χ3v) is 4.77. The topological polar surface area (TPSA) is 44.4 Å². The van der Waals surface area contributed by atoms with E-state index >= 15 is 0 Å². The molecule has 2 unspecified atom stereocenters. The predicted octanol–water partition coefficient (Wildman–Crippen LogP) is 2.07. The zero-order valence-corrected chi connectivity index (χ0v) is 13.0. The minimum Gasteiger partial charge on any atom is -0.325 e. The number of nitrogens with one attached hydrogen (secondary N) is 2. The van der Waals surface area contributed by atoms with Crippen LogP contribution in [0.5, 0.6) is 0 Å². The number of carbonyl (C=O) groups excluding carboxylic acids is 1. The average Bonchev–Trinajstić information content (AvgIpc) is 2.77. The van der Waals surface area contributed by atoms with E-state index < -0.39 is 0 Å². The molecule has 0 aromatic heterocycles. The van der Waals surface area contributed by atoms with Crippen LogP contribution in [-0.4, -0.2) is 42.5 Å². The third-order valence-electron chi connectivity index (χ3n) is 4.77. The Labute approximate surface area is 126 Å². The lowest BCUT2D eigenvalue weighted by Crippen LogP contribution is -2.39. The fourth-order valence-electron chi connectivity index (χ4n) is 3.38. The molecule has 1 aromatic carbocycles. The number of likely N-dealkylation sites (tertiary alicyclic amines) is 1. The summed E-state index contributed by atoms with van der Waals surface area (Å²) in [6, 6.07) is 7.32. The summed E-state index contributed by atoms with van der Waals surface area (Å²) in [5, 5.41) is 6.67. The molecule has 3 rings (SSSR count). The summed E-state index contributed by atoms with van der Waals surface area (Å²) in [6.45, 7) is 6.67. The Morgan fingerprint density at radius 2 is 2.05 bits per heavy atom. The molecule has 2 bridgehead atoms. The summed E-state index contributed by atoms with van der Waals surface area (Å²) < 4.78 is 0. The number of nitrogens with zero attached hydrogens (tertiary/aromatic N) is 1. The number of carbonyl (C=O) groups is 1. The van der Waals surface area contributed by atoms with Crippen molar-refractivity contribution in [3.8, 4) is 0 Å². The molecule has 21 heavy (non-hydrogen) atoms. The van der Waals surface area contributed by atoms with Crippen LogP contribution < -0.4 is 10.6 Å². The fourth-order valence-corrected chi connectivity index (χ4v) is 3.38. The highest BCUT2D eigenvalue weighted by Gasteiger charge is 2.29. The van der Waals surface area contributed by atoms with Crippen LogP contribution in [0, 0.1) is 13.8 Å². The molecule has 2 aliphatic rings. The molecule has 2 saturated heterocycles. The first kappa shape index (κ1) is 14.5. The molecular formula is C17H25N3O. The molecule has 0 saturated carbocycles. The standard InChI is InChI=1S/C17H25N3O/c1-12-3-4-15(9-13(12)2)19-17(21)11-20-8-7-14-5-6-16(10-20)18-14/h3-4,9,14,16,18H,5-8,10-11H2,1-2H3,(H,19,21). The summed E-state index contributed by atoms with van der Waals surface area (Å²) in [5.41, 5.74) is 3.37. The Hall–Kier alpha value is -1.39. The van der Waals surface area contributed by atoms with Crippen LogP contribution in [0.25, 0.3) is 0 Å². The van der Waals surface area contributed by atoms with E-state index in [1.807, 2.05) is 12.1 Å². The van der Waals surface area contributed by atoms with Crippen molar-refractivity contribution in [3.63, 3.8) is 0 Å². The third kappa shape index (κ3) is 3.63. The van der Waals surface area contributed by atoms with E-state index in [2.05, 4.69) is 35.4 Å². The Morgan fingerprint density at radius 3 is 2.86 bits per heavy atom. The number of hydrogen-bond donors (Lipinski definition) is 2. The minimum absolute atomic E-state index is 0.0935. The second kappa shape index (κ2) is 6.16. The van der Waals surface area contributed by atoms with Crippen LogP contribution in [0.1, 0.15) is 30.4 Å². The van der Waals surface area contributed by atoms with E-state index in [0.717, 1.165) is 25.2 Å². The molecule has 0 spiro atoms. The highest BCUT2D eigenvalue weighted by Crippen LogP contribution is 2.20. The molecule has 2 N–H and O–H groups in total. The van der Waals surface area contributed by atoms with Crippen molar-refractivity contribution in [2.75, 3.05) is 25.0 Å². The quantitative estimate of drug-likeness (QED) is 0.894. The van der Waals surface area contributed by atoms with Crippen molar-refractivity contribution < 1.29 is 4.79 Å². The largest absolute Gasteiger partial charge is 0.325 e. The van der Waals surface area contributed by atoms with Crippen LogP contribution in [0.2, 0.25) is 0 Å². The molecule has 114 valence electrons. The van der Waals surface area contributed by atoms with Gasteiger partial charge in [-0.15, -0.1) is 0 Å². The van der Waals surface area contributed by atoms with Gasteiger partial charge in [0.15, 0.2) is 0 Å². The number of benzene rings is 1. The number of rotatable bonds is 3. The second-order valence-electron chi connectivity index (χ2n) is 6.51. The highest BCUT2D eigenvalue weighted by molar-refractivity contribution is 5.92. The van der Waals surface area contributed by atoms with Gasteiger partial charge in [-0.25, -0.2) is 0 Å². The molecule has 1 amide bonds.